The van der Waals surface area contributed by atoms with Crippen molar-refractivity contribution in [2.24, 2.45) is 5.92 Å². The van der Waals surface area contributed by atoms with E-state index < -0.39 is 10.0 Å². The van der Waals surface area contributed by atoms with Gasteiger partial charge in [0, 0.05) is 43.1 Å². The number of carbonyl (C=O) groups is 1. The third-order valence-corrected chi connectivity index (χ3v) is 9.39. The monoisotopic (exact) mass is 526 g/mol. The molecule has 1 atom stereocenters. The number of amides is 1. The van der Waals surface area contributed by atoms with Crippen molar-refractivity contribution in [3.8, 4) is 0 Å². The van der Waals surface area contributed by atoms with Crippen molar-refractivity contribution >= 4 is 44.3 Å². The van der Waals surface area contributed by atoms with Crippen LogP contribution in [0.1, 0.15) is 37.7 Å². The van der Waals surface area contributed by atoms with Crippen molar-refractivity contribution in [1.82, 2.24) is 14.6 Å². The van der Waals surface area contributed by atoms with Gasteiger partial charge in [0.1, 0.15) is 5.82 Å². The fraction of sp³-hybridized carbons (Fsp3) is 0.407. The van der Waals surface area contributed by atoms with Gasteiger partial charge in [0.15, 0.2) is 0 Å². The molecule has 36 heavy (non-hydrogen) atoms. The molecule has 3 aromatic rings. The van der Waals surface area contributed by atoms with Crippen molar-refractivity contribution in [2.45, 2.75) is 43.5 Å². The summed E-state index contributed by atoms with van der Waals surface area (Å²) in [5.74, 6) is 0.696. The second-order valence-electron chi connectivity index (χ2n) is 9.58. The van der Waals surface area contributed by atoms with Crippen molar-refractivity contribution in [3.63, 3.8) is 0 Å². The number of rotatable bonds is 6. The Balaban J connectivity index is 1.27. The number of hydrogen-bond acceptors (Lipinski definition) is 5. The van der Waals surface area contributed by atoms with Crippen LogP contribution in [0.25, 0.3) is 10.9 Å². The third kappa shape index (κ3) is 5.36. The first kappa shape index (κ1) is 25.0. The Morgan fingerprint density at radius 3 is 2.61 bits per heavy atom. The zero-order valence-corrected chi connectivity index (χ0v) is 21.8. The van der Waals surface area contributed by atoms with Crippen LogP contribution in [0, 0.1) is 5.92 Å². The number of piperidine rings is 2. The molecule has 0 spiro atoms. The number of nitrogens with zero attached hydrogens (tertiary/aromatic N) is 3. The Morgan fingerprint density at radius 2 is 1.81 bits per heavy atom. The molecule has 1 aromatic heterocycles. The van der Waals surface area contributed by atoms with Gasteiger partial charge in [-0.2, -0.15) is 4.31 Å². The van der Waals surface area contributed by atoms with Gasteiger partial charge in [-0.05, 0) is 67.6 Å². The topological polar surface area (TPSA) is 82.6 Å². The number of benzene rings is 2. The number of carbonyl (C=O) groups excluding carboxylic acids is 1. The van der Waals surface area contributed by atoms with Crippen LogP contribution in [0.15, 0.2) is 59.5 Å². The fourth-order valence-corrected chi connectivity index (χ4v) is 6.81. The number of halogens is 1. The number of pyridine rings is 1. The Morgan fingerprint density at radius 1 is 1.00 bits per heavy atom. The van der Waals surface area contributed by atoms with Gasteiger partial charge >= 0.3 is 0 Å². The summed E-state index contributed by atoms with van der Waals surface area (Å²) in [5.41, 5.74) is 1.65. The molecular formula is C27H31ClN4O3S. The van der Waals surface area contributed by atoms with Crippen molar-refractivity contribution in [2.75, 3.05) is 31.1 Å². The Labute approximate surface area is 217 Å². The second-order valence-corrected chi connectivity index (χ2v) is 11.9. The smallest absolute Gasteiger partial charge is 0.243 e. The molecule has 190 valence electrons. The summed E-state index contributed by atoms with van der Waals surface area (Å²) in [5, 5.41) is 4.47. The summed E-state index contributed by atoms with van der Waals surface area (Å²) in [7, 11) is -3.49. The quantitative estimate of drug-likeness (QED) is 0.507. The highest BCUT2D eigenvalue weighted by atomic mass is 35.5. The molecule has 0 saturated carbocycles. The number of sulfonamides is 1. The average molecular weight is 527 g/mol. The molecule has 2 aliphatic heterocycles. The van der Waals surface area contributed by atoms with Gasteiger partial charge < -0.3 is 10.2 Å². The van der Waals surface area contributed by atoms with Crippen LogP contribution in [0.5, 0.6) is 0 Å². The van der Waals surface area contributed by atoms with Crippen molar-refractivity contribution in [1.29, 1.82) is 0 Å². The van der Waals surface area contributed by atoms with E-state index >= 15 is 0 Å². The van der Waals surface area contributed by atoms with Crippen molar-refractivity contribution in [3.05, 3.63) is 65.2 Å². The number of nitrogens with one attached hydrogen (secondary N) is 1. The SMILES string of the molecule is O=C(NCc1ccccc1Cl)[C@H]1CCCN(c2ccc3cc(S(=O)(=O)N4CCCCC4)ccc3n2)C1. The minimum Gasteiger partial charge on any atom is -0.356 e. The van der Waals surface area contributed by atoms with E-state index in [-0.39, 0.29) is 11.8 Å². The van der Waals surface area contributed by atoms with Gasteiger partial charge in [0.25, 0.3) is 0 Å². The Kier molecular flexibility index (Phi) is 7.46. The zero-order valence-electron chi connectivity index (χ0n) is 20.2. The largest absolute Gasteiger partial charge is 0.356 e. The van der Waals surface area contributed by atoms with Crippen LogP contribution in [-0.2, 0) is 21.4 Å². The summed E-state index contributed by atoms with van der Waals surface area (Å²) < 4.78 is 27.7. The predicted molar refractivity (Wildman–Crippen MR) is 143 cm³/mol. The Hall–Kier alpha value is -2.68. The minimum atomic E-state index is -3.49. The molecule has 1 amide bonds. The lowest BCUT2D eigenvalue weighted by Crippen LogP contribution is -2.43. The molecule has 0 unspecified atom stereocenters. The fourth-order valence-electron chi connectivity index (χ4n) is 5.05. The molecule has 2 saturated heterocycles. The van der Waals surface area contributed by atoms with E-state index in [1.165, 1.54) is 0 Å². The molecule has 3 heterocycles. The first-order valence-corrected chi connectivity index (χ1v) is 14.4. The van der Waals surface area contributed by atoms with E-state index in [0.29, 0.717) is 36.1 Å². The molecule has 0 bridgehead atoms. The van der Waals surface area contributed by atoms with Crippen LogP contribution >= 0.6 is 11.6 Å². The maximum Gasteiger partial charge on any atom is 0.243 e. The van der Waals surface area contributed by atoms with E-state index in [4.69, 9.17) is 16.6 Å². The van der Waals surface area contributed by atoms with Gasteiger partial charge in [-0.3, -0.25) is 4.79 Å². The molecule has 0 aliphatic carbocycles. The lowest BCUT2D eigenvalue weighted by molar-refractivity contribution is -0.125. The highest BCUT2D eigenvalue weighted by Gasteiger charge is 2.28. The van der Waals surface area contributed by atoms with Crippen molar-refractivity contribution < 1.29 is 13.2 Å². The van der Waals surface area contributed by atoms with Gasteiger partial charge in [-0.25, -0.2) is 13.4 Å². The molecule has 2 aromatic carbocycles. The first-order chi connectivity index (χ1) is 17.4. The highest BCUT2D eigenvalue weighted by Crippen LogP contribution is 2.27. The lowest BCUT2D eigenvalue weighted by atomic mass is 9.97. The molecule has 0 radical (unpaired) electrons. The summed E-state index contributed by atoms with van der Waals surface area (Å²) in [4.78, 5) is 20.1. The summed E-state index contributed by atoms with van der Waals surface area (Å²) >= 11 is 6.21. The Bertz CT molecular complexity index is 1360. The summed E-state index contributed by atoms with van der Waals surface area (Å²) in [6.45, 7) is 2.99. The van der Waals surface area contributed by atoms with E-state index in [1.807, 2.05) is 36.4 Å². The van der Waals surface area contributed by atoms with Crippen LogP contribution in [-0.4, -0.2) is 49.8 Å². The van der Waals surface area contributed by atoms with Gasteiger partial charge in [0.2, 0.25) is 15.9 Å². The predicted octanol–water partition coefficient (Wildman–Crippen LogP) is 4.60. The number of hydrogen-bond donors (Lipinski definition) is 1. The minimum absolute atomic E-state index is 0.0213. The van der Waals surface area contributed by atoms with Crippen LogP contribution in [0.2, 0.25) is 5.02 Å². The molecule has 5 rings (SSSR count). The standard InChI is InChI=1S/C27H31ClN4O3S/c28-24-9-3-2-7-21(24)18-29-27(33)22-8-6-14-31(19-22)26-13-10-20-17-23(11-12-25(20)30-26)36(34,35)32-15-4-1-5-16-32/h2-3,7,9-13,17,22H,1,4-6,8,14-16,18-19H2,(H,29,33)/t22-/m0/s1. The second kappa shape index (κ2) is 10.7. The van der Waals surface area contributed by atoms with Gasteiger partial charge in [-0.1, -0.05) is 36.2 Å². The normalized spacial score (nSPS) is 19.4. The van der Waals surface area contributed by atoms with E-state index in [9.17, 15) is 13.2 Å². The average Bonchev–Trinajstić information content (AvgIpc) is 2.92. The molecule has 2 aliphatic rings. The number of fused-ring (bicyclic) bond motifs is 1. The molecule has 2 fully saturated rings. The van der Waals surface area contributed by atoms with E-state index in [0.717, 1.165) is 60.9 Å². The molecular weight excluding hydrogens is 496 g/mol. The first-order valence-electron chi connectivity index (χ1n) is 12.6. The number of aromatic nitrogens is 1. The summed E-state index contributed by atoms with van der Waals surface area (Å²) in [6.07, 6.45) is 4.63. The van der Waals surface area contributed by atoms with Crippen LogP contribution in [0.4, 0.5) is 5.82 Å². The molecule has 7 nitrogen and oxygen atoms in total. The maximum atomic E-state index is 13.1. The van der Waals surface area contributed by atoms with E-state index in [2.05, 4.69) is 10.2 Å². The maximum absolute atomic E-state index is 13.1. The van der Waals surface area contributed by atoms with Gasteiger partial charge in [-0.15, -0.1) is 0 Å². The molecule has 1 N–H and O–H groups in total. The summed E-state index contributed by atoms with van der Waals surface area (Å²) in [6, 6.07) is 16.5. The highest BCUT2D eigenvalue weighted by molar-refractivity contribution is 7.89. The number of anilines is 1. The van der Waals surface area contributed by atoms with Crippen LogP contribution < -0.4 is 10.2 Å². The molecule has 9 heteroatoms. The van der Waals surface area contributed by atoms with E-state index in [1.54, 1.807) is 22.5 Å². The van der Waals surface area contributed by atoms with Gasteiger partial charge in [0.05, 0.1) is 16.3 Å². The lowest BCUT2D eigenvalue weighted by Gasteiger charge is -2.33. The third-order valence-electron chi connectivity index (χ3n) is 7.13. The van der Waals surface area contributed by atoms with Crippen LogP contribution in [0.3, 0.4) is 0 Å². The zero-order chi connectivity index (χ0) is 25.1.